The lowest BCUT2D eigenvalue weighted by molar-refractivity contribution is -0.144. The summed E-state index contributed by atoms with van der Waals surface area (Å²) < 4.78 is 0. The summed E-state index contributed by atoms with van der Waals surface area (Å²) in [6.07, 6.45) is 0.861. The molecule has 1 amide bonds. The van der Waals surface area contributed by atoms with E-state index in [0.29, 0.717) is 6.54 Å². The van der Waals surface area contributed by atoms with Crippen LogP contribution in [0.2, 0.25) is 0 Å². The zero-order chi connectivity index (χ0) is 14.0. The third kappa shape index (κ3) is 2.62. The van der Waals surface area contributed by atoms with Crippen LogP contribution in [0.3, 0.4) is 0 Å². The molecule has 1 saturated heterocycles. The van der Waals surface area contributed by atoms with Crippen molar-refractivity contribution in [1.82, 2.24) is 4.90 Å². The van der Waals surface area contributed by atoms with E-state index in [0.717, 1.165) is 12.0 Å². The van der Waals surface area contributed by atoms with Crippen LogP contribution < -0.4 is 0 Å². The van der Waals surface area contributed by atoms with Gasteiger partial charge in [0, 0.05) is 13.0 Å². The molecule has 1 heterocycles. The molecule has 1 unspecified atom stereocenters. The zero-order valence-corrected chi connectivity index (χ0v) is 11.3. The van der Waals surface area contributed by atoms with Gasteiger partial charge in [0.1, 0.15) is 0 Å². The van der Waals surface area contributed by atoms with E-state index in [1.807, 2.05) is 44.2 Å². The fraction of sp³-hybridized carbons (Fsp3) is 0.467. The topological polar surface area (TPSA) is 57.6 Å². The van der Waals surface area contributed by atoms with Crippen molar-refractivity contribution in [1.29, 1.82) is 0 Å². The fourth-order valence-electron chi connectivity index (χ4n) is 2.73. The van der Waals surface area contributed by atoms with Crippen molar-refractivity contribution < 1.29 is 14.7 Å². The van der Waals surface area contributed by atoms with Crippen molar-refractivity contribution in [3.05, 3.63) is 35.9 Å². The molecule has 1 aliphatic rings. The number of likely N-dealkylation sites (tertiary alicyclic amines) is 1. The number of rotatable bonds is 4. The third-order valence-electron chi connectivity index (χ3n) is 3.99. The molecule has 102 valence electrons. The minimum Gasteiger partial charge on any atom is -0.481 e. The lowest BCUT2D eigenvalue weighted by Gasteiger charge is -2.34. The Labute approximate surface area is 113 Å². The summed E-state index contributed by atoms with van der Waals surface area (Å²) in [6.45, 7) is 4.24. The minimum absolute atomic E-state index is 0.0617. The second-order valence-corrected chi connectivity index (χ2v) is 5.53. The molecule has 0 aliphatic carbocycles. The van der Waals surface area contributed by atoms with Crippen LogP contribution >= 0.6 is 0 Å². The molecule has 1 atom stereocenters. The Kier molecular flexibility index (Phi) is 3.60. The SMILES string of the molecule is CC1(C)C(C(=O)O)CC(=O)N1CCc1ccccc1. The summed E-state index contributed by atoms with van der Waals surface area (Å²) in [5.74, 6) is -1.57. The first kappa shape index (κ1) is 13.6. The first-order chi connectivity index (χ1) is 8.93. The lowest BCUT2D eigenvalue weighted by atomic mass is 9.88. The van der Waals surface area contributed by atoms with Crippen molar-refractivity contribution in [3.8, 4) is 0 Å². The van der Waals surface area contributed by atoms with E-state index in [9.17, 15) is 14.7 Å². The second kappa shape index (κ2) is 5.03. The number of carboxylic acids is 1. The highest BCUT2D eigenvalue weighted by atomic mass is 16.4. The molecule has 1 fully saturated rings. The number of carboxylic acid groups (broad SMARTS) is 1. The van der Waals surface area contributed by atoms with Gasteiger partial charge in [-0.3, -0.25) is 9.59 Å². The van der Waals surface area contributed by atoms with Crippen molar-refractivity contribution in [2.45, 2.75) is 32.2 Å². The Hall–Kier alpha value is -1.84. The van der Waals surface area contributed by atoms with E-state index >= 15 is 0 Å². The molecule has 0 aromatic heterocycles. The number of amides is 1. The van der Waals surface area contributed by atoms with Crippen LogP contribution in [0.25, 0.3) is 0 Å². The molecular formula is C15H19NO3. The van der Waals surface area contributed by atoms with Gasteiger partial charge in [0.2, 0.25) is 5.91 Å². The number of carbonyl (C=O) groups excluding carboxylic acids is 1. The number of hydrogen-bond acceptors (Lipinski definition) is 2. The van der Waals surface area contributed by atoms with E-state index in [2.05, 4.69) is 0 Å². The Morgan fingerprint density at radius 2 is 2.00 bits per heavy atom. The highest BCUT2D eigenvalue weighted by Gasteiger charge is 2.49. The summed E-state index contributed by atoms with van der Waals surface area (Å²) in [5.41, 5.74) is 0.544. The van der Waals surface area contributed by atoms with Crippen LogP contribution in [0, 0.1) is 5.92 Å². The molecule has 0 spiro atoms. The van der Waals surface area contributed by atoms with Gasteiger partial charge in [0.25, 0.3) is 0 Å². The lowest BCUT2D eigenvalue weighted by Crippen LogP contribution is -2.47. The summed E-state index contributed by atoms with van der Waals surface area (Å²) >= 11 is 0. The summed E-state index contributed by atoms with van der Waals surface area (Å²) in [4.78, 5) is 24.9. The fourth-order valence-corrected chi connectivity index (χ4v) is 2.73. The second-order valence-electron chi connectivity index (χ2n) is 5.53. The van der Waals surface area contributed by atoms with Gasteiger partial charge < -0.3 is 10.0 Å². The standard InChI is InChI=1S/C15H19NO3/c1-15(2)12(14(18)19)10-13(17)16(15)9-8-11-6-4-3-5-7-11/h3-7,12H,8-10H2,1-2H3,(H,18,19). The molecule has 19 heavy (non-hydrogen) atoms. The largest absolute Gasteiger partial charge is 0.481 e. The number of aliphatic carboxylic acids is 1. The predicted molar refractivity (Wildman–Crippen MR) is 71.7 cm³/mol. The summed E-state index contributed by atoms with van der Waals surface area (Å²) in [7, 11) is 0. The molecule has 4 heteroatoms. The van der Waals surface area contributed by atoms with Crippen LogP contribution in [0.5, 0.6) is 0 Å². The number of nitrogens with zero attached hydrogens (tertiary/aromatic N) is 1. The number of hydrogen-bond donors (Lipinski definition) is 1. The smallest absolute Gasteiger partial charge is 0.309 e. The first-order valence-corrected chi connectivity index (χ1v) is 6.50. The molecule has 1 N–H and O–H groups in total. The maximum atomic E-state index is 12.0. The van der Waals surface area contributed by atoms with E-state index < -0.39 is 17.4 Å². The van der Waals surface area contributed by atoms with Crippen LogP contribution in [-0.2, 0) is 16.0 Å². The summed E-state index contributed by atoms with van der Waals surface area (Å²) in [6, 6.07) is 9.91. The Balaban J connectivity index is 2.08. The van der Waals surface area contributed by atoms with Gasteiger partial charge >= 0.3 is 5.97 Å². The maximum Gasteiger partial charge on any atom is 0.309 e. The Bertz CT molecular complexity index is 481. The summed E-state index contributed by atoms with van der Waals surface area (Å²) in [5, 5.41) is 9.19. The molecular weight excluding hydrogens is 242 g/mol. The van der Waals surface area contributed by atoms with E-state index in [4.69, 9.17) is 0 Å². The molecule has 2 rings (SSSR count). The normalized spacial score (nSPS) is 21.7. The average molecular weight is 261 g/mol. The van der Waals surface area contributed by atoms with Crippen molar-refractivity contribution in [2.75, 3.05) is 6.54 Å². The van der Waals surface area contributed by atoms with E-state index in [1.54, 1.807) is 4.90 Å². The average Bonchev–Trinajstić information content (AvgIpc) is 2.59. The quantitative estimate of drug-likeness (QED) is 0.901. The maximum absolute atomic E-state index is 12.0. The van der Waals surface area contributed by atoms with Gasteiger partial charge in [-0.25, -0.2) is 0 Å². The number of carbonyl (C=O) groups is 2. The predicted octanol–water partition coefficient (Wildman–Crippen LogP) is 1.94. The van der Waals surface area contributed by atoms with Crippen molar-refractivity contribution >= 4 is 11.9 Å². The van der Waals surface area contributed by atoms with Crippen molar-refractivity contribution in [3.63, 3.8) is 0 Å². The minimum atomic E-state index is -0.888. The molecule has 0 radical (unpaired) electrons. The molecule has 1 aliphatic heterocycles. The highest BCUT2D eigenvalue weighted by molar-refractivity contribution is 5.88. The zero-order valence-electron chi connectivity index (χ0n) is 11.3. The van der Waals surface area contributed by atoms with Crippen LogP contribution in [0.4, 0.5) is 0 Å². The molecule has 0 saturated carbocycles. The Morgan fingerprint density at radius 3 is 2.53 bits per heavy atom. The molecule has 0 bridgehead atoms. The first-order valence-electron chi connectivity index (χ1n) is 6.50. The van der Waals surface area contributed by atoms with Crippen LogP contribution in [0.15, 0.2) is 30.3 Å². The van der Waals surface area contributed by atoms with Gasteiger partial charge in [0.05, 0.1) is 11.5 Å². The van der Waals surface area contributed by atoms with E-state index in [1.165, 1.54) is 0 Å². The van der Waals surface area contributed by atoms with Crippen LogP contribution in [-0.4, -0.2) is 34.0 Å². The van der Waals surface area contributed by atoms with Gasteiger partial charge in [-0.2, -0.15) is 0 Å². The third-order valence-corrected chi connectivity index (χ3v) is 3.99. The van der Waals surface area contributed by atoms with Gasteiger partial charge in [0.15, 0.2) is 0 Å². The van der Waals surface area contributed by atoms with Gasteiger partial charge in [-0.05, 0) is 25.8 Å². The van der Waals surface area contributed by atoms with Gasteiger partial charge in [-0.1, -0.05) is 30.3 Å². The molecule has 1 aromatic rings. The molecule has 4 nitrogen and oxygen atoms in total. The van der Waals surface area contributed by atoms with Crippen LogP contribution in [0.1, 0.15) is 25.8 Å². The van der Waals surface area contributed by atoms with E-state index in [-0.39, 0.29) is 12.3 Å². The van der Waals surface area contributed by atoms with Crippen molar-refractivity contribution in [2.24, 2.45) is 5.92 Å². The Morgan fingerprint density at radius 1 is 1.37 bits per heavy atom. The van der Waals surface area contributed by atoms with Gasteiger partial charge in [-0.15, -0.1) is 0 Å². The highest BCUT2D eigenvalue weighted by Crippen LogP contribution is 2.35. The monoisotopic (exact) mass is 261 g/mol. The molecule has 1 aromatic carbocycles. The number of benzene rings is 1.